The molecular weight excluding hydrogens is 575 g/mol. The minimum absolute atomic E-state index is 0.0428. The van der Waals surface area contributed by atoms with E-state index in [2.05, 4.69) is 14.8 Å². The summed E-state index contributed by atoms with van der Waals surface area (Å²) in [4.78, 5) is 16.3. The zero-order valence-electron chi connectivity index (χ0n) is 22.2. The van der Waals surface area contributed by atoms with Gasteiger partial charge in [-0.05, 0) is 61.0 Å². The molecule has 0 bridgehead atoms. The molecule has 0 saturated heterocycles. The molecule has 2 aromatic heterocycles. The number of hydrogen-bond acceptors (Lipinski definition) is 7. The molecule has 14 heteroatoms. The highest BCUT2D eigenvalue weighted by molar-refractivity contribution is 7.92. The van der Waals surface area contributed by atoms with Crippen molar-refractivity contribution in [2.75, 3.05) is 23.3 Å². The van der Waals surface area contributed by atoms with Crippen LogP contribution in [0.3, 0.4) is 0 Å². The second-order valence-electron chi connectivity index (χ2n) is 9.36. The molecule has 0 aliphatic carbocycles. The largest absolute Gasteiger partial charge is 0.485 e. The standard InChI is InChI=1S/C28H24F3N5O5S/c1-15-9-17(7-8-23(15)41-24-6-4-3-5-19(24)29)36-28(32)18(13-33-36)27(37)22-10-16-11-25(40-14-26(30)31)21(12-20(16)34-22)35-42(2,38)39/h3-13,26,34-35H,14,32H2,1-2H3. The SMILES string of the molecule is Cc1cc(-n2ncc(C(=O)c3cc4cc(OCC(F)F)c(NS(C)(=O)=O)cc4[nH]3)c2N)ccc1Oc1ccccc1F. The van der Waals surface area contributed by atoms with Crippen molar-refractivity contribution in [2.24, 2.45) is 0 Å². The zero-order chi connectivity index (χ0) is 30.2. The van der Waals surface area contributed by atoms with Crippen LogP contribution in [0.25, 0.3) is 16.6 Å². The van der Waals surface area contributed by atoms with Gasteiger partial charge in [-0.3, -0.25) is 9.52 Å². The first kappa shape index (κ1) is 28.5. The molecule has 0 unspecified atom stereocenters. The number of ketones is 1. The zero-order valence-corrected chi connectivity index (χ0v) is 23.0. The Morgan fingerprint density at radius 3 is 2.55 bits per heavy atom. The van der Waals surface area contributed by atoms with E-state index in [9.17, 15) is 26.4 Å². The average molecular weight is 600 g/mol. The minimum atomic E-state index is -3.76. The van der Waals surface area contributed by atoms with Crippen LogP contribution in [0.4, 0.5) is 24.7 Å². The molecule has 0 amide bonds. The number of nitrogen functional groups attached to an aromatic ring is 1. The predicted octanol–water partition coefficient (Wildman–Crippen LogP) is 5.42. The third-order valence-electron chi connectivity index (χ3n) is 6.14. The fraction of sp³-hybridized carbons (Fsp3) is 0.143. The van der Waals surface area contributed by atoms with Crippen LogP contribution in [-0.4, -0.2) is 48.3 Å². The monoisotopic (exact) mass is 599 g/mol. The van der Waals surface area contributed by atoms with Crippen LogP contribution in [0, 0.1) is 12.7 Å². The van der Waals surface area contributed by atoms with Crippen LogP contribution in [0.15, 0.2) is 66.9 Å². The van der Waals surface area contributed by atoms with Crippen molar-refractivity contribution < 1.29 is 35.9 Å². The number of aromatic nitrogens is 3. The Kier molecular flexibility index (Phi) is 7.56. The lowest BCUT2D eigenvalue weighted by atomic mass is 10.1. The Hall–Kier alpha value is -4.98. The number of hydrogen-bond donors (Lipinski definition) is 3. The number of para-hydroxylation sites is 1. The van der Waals surface area contributed by atoms with Gasteiger partial charge in [0.25, 0.3) is 6.43 Å². The molecule has 0 aliphatic rings. The lowest BCUT2D eigenvalue weighted by Gasteiger charge is -2.12. The summed E-state index contributed by atoms with van der Waals surface area (Å²) >= 11 is 0. The number of carbonyl (C=O) groups excluding carboxylic acids is 1. The maximum absolute atomic E-state index is 14.0. The number of carbonyl (C=O) groups is 1. The van der Waals surface area contributed by atoms with Gasteiger partial charge in [-0.25, -0.2) is 26.3 Å². The average Bonchev–Trinajstić information content (AvgIpc) is 3.51. The van der Waals surface area contributed by atoms with E-state index >= 15 is 0 Å². The normalized spacial score (nSPS) is 11.7. The maximum atomic E-state index is 14.0. The number of nitrogens with one attached hydrogen (secondary N) is 2. The van der Waals surface area contributed by atoms with E-state index in [1.807, 2.05) is 0 Å². The summed E-state index contributed by atoms with van der Waals surface area (Å²) in [5, 5.41) is 4.66. The number of ether oxygens (including phenoxy) is 2. The fourth-order valence-corrected chi connectivity index (χ4v) is 4.80. The first-order valence-electron chi connectivity index (χ1n) is 12.4. The molecule has 0 fully saturated rings. The van der Waals surface area contributed by atoms with Crippen molar-refractivity contribution in [1.29, 1.82) is 0 Å². The molecule has 0 radical (unpaired) electrons. The molecule has 0 spiro atoms. The molecule has 5 aromatic rings. The fourth-order valence-electron chi connectivity index (χ4n) is 4.24. The van der Waals surface area contributed by atoms with Crippen LogP contribution in [-0.2, 0) is 10.0 Å². The van der Waals surface area contributed by atoms with Gasteiger partial charge in [0, 0.05) is 10.9 Å². The summed E-state index contributed by atoms with van der Waals surface area (Å²) in [5.41, 5.74) is 7.94. The quantitative estimate of drug-likeness (QED) is 0.182. The van der Waals surface area contributed by atoms with Crippen molar-refractivity contribution in [2.45, 2.75) is 13.3 Å². The van der Waals surface area contributed by atoms with Crippen molar-refractivity contribution in [3.8, 4) is 22.9 Å². The Morgan fingerprint density at radius 2 is 1.86 bits per heavy atom. The van der Waals surface area contributed by atoms with Gasteiger partial charge in [-0.15, -0.1) is 0 Å². The predicted molar refractivity (Wildman–Crippen MR) is 151 cm³/mol. The molecule has 42 heavy (non-hydrogen) atoms. The van der Waals surface area contributed by atoms with E-state index < -0.39 is 34.7 Å². The number of anilines is 2. The van der Waals surface area contributed by atoms with Crippen molar-refractivity contribution in [1.82, 2.24) is 14.8 Å². The van der Waals surface area contributed by atoms with Crippen molar-refractivity contribution in [3.63, 3.8) is 0 Å². The van der Waals surface area contributed by atoms with Gasteiger partial charge in [-0.2, -0.15) is 5.10 Å². The van der Waals surface area contributed by atoms with Crippen molar-refractivity contribution in [3.05, 3.63) is 89.5 Å². The number of rotatable bonds is 10. The topological polar surface area (TPSA) is 141 Å². The number of benzene rings is 3. The molecule has 0 atom stereocenters. The molecule has 10 nitrogen and oxygen atoms in total. The summed E-state index contributed by atoms with van der Waals surface area (Å²) in [6.07, 6.45) is -0.576. The molecule has 2 heterocycles. The molecule has 3 aromatic carbocycles. The second-order valence-corrected chi connectivity index (χ2v) is 11.1. The third kappa shape index (κ3) is 6.02. The summed E-state index contributed by atoms with van der Waals surface area (Å²) < 4.78 is 77.5. The number of fused-ring (bicyclic) bond motifs is 1. The van der Waals surface area contributed by atoms with Gasteiger partial charge < -0.3 is 20.2 Å². The second kappa shape index (κ2) is 11.1. The summed E-state index contributed by atoms with van der Waals surface area (Å²) in [5.74, 6) is -0.607. The molecule has 5 rings (SSSR count). The third-order valence-corrected chi connectivity index (χ3v) is 6.73. The number of H-pyrrole nitrogens is 1. The number of nitrogens with zero attached hydrogens (tertiary/aromatic N) is 2. The van der Waals surface area contributed by atoms with Gasteiger partial charge in [0.2, 0.25) is 15.8 Å². The van der Waals surface area contributed by atoms with E-state index in [1.54, 1.807) is 37.3 Å². The lowest BCUT2D eigenvalue weighted by Crippen LogP contribution is -2.13. The van der Waals surface area contributed by atoms with Crippen molar-refractivity contribution >= 4 is 38.2 Å². The van der Waals surface area contributed by atoms with E-state index in [4.69, 9.17) is 15.2 Å². The highest BCUT2D eigenvalue weighted by Crippen LogP contribution is 2.33. The number of alkyl halides is 2. The Labute approximate surface area is 237 Å². The summed E-state index contributed by atoms with van der Waals surface area (Å²) in [7, 11) is -3.76. The Bertz CT molecular complexity index is 1920. The smallest absolute Gasteiger partial charge is 0.272 e. The van der Waals surface area contributed by atoms with E-state index in [1.165, 1.54) is 41.2 Å². The molecule has 4 N–H and O–H groups in total. The lowest BCUT2D eigenvalue weighted by molar-refractivity contribution is 0.0823. The highest BCUT2D eigenvalue weighted by Gasteiger charge is 2.22. The van der Waals surface area contributed by atoms with Gasteiger partial charge in [0.1, 0.15) is 23.9 Å². The Balaban J connectivity index is 1.43. The van der Waals surface area contributed by atoms with E-state index in [0.717, 1.165) is 6.26 Å². The van der Waals surface area contributed by atoms with Gasteiger partial charge in [0.15, 0.2) is 11.6 Å². The van der Waals surface area contributed by atoms with E-state index in [-0.39, 0.29) is 34.3 Å². The number of aromatic amines is 1. The van der Waals surface area contributed by atoms with Crippen LogP contribution < -0.4 is 19.9 Å². The number of aryl methyl sites for hydroxylation is 1. The number of nitrogens with two attached hydrogens (primary N) is 1. The summed E-state index contributed by atoms with van der Waals surface area (Å²) in [6.45, 7) is 0.813. The number of halogens is 3. The molecule has 218 valence electrons. The van der Waals surface area contributed by atoms with Crippen LogP contribution in [0.2, 0.25) is 0 Å². The molecule has 0 aliphatic heterocycles. The molecular formula is C28H24F3N5O5S. The van der Waals surface area contributed by atoms with Gasteiger partial charge in [0.05, 0.1) is 35.1 Å². The number of sulfonamides is 1. The van der Waals surface area contributed by atoms with Gasteiger partial charge >= 0.3 is 0 Å². The van der Waals surface area contributed by atoms with E-state index in [0.29, 0.717) is 27.9 Å². The van der Waals surface area contributed by atoms with Crippen LogP contribution >= 0.6 is 0 Å². The molecule has 0 saturated carbocycles. The van der Waals surface area contributed by atoms with Crippen LogP contribution in [0.1, 0.15) is 21.6 Å². The first-order chi connectivity index (χ1) is 19.9. The maximum Gasteiger partial charge on any atom is 0.272 e. The highest BCUT2D eigenvalue weighted by atomic mass is 32.2. The minimum Gasteiger partial charge on any atom is -0.485 e. The van der Waals surface area contributed by atoms with Crippen LogP contribution in [0.5, 0.6) is 17.2 Å². The van der Waals surface area contributed by atoms with Gasteiger partial charge in [-0.1, -0.05) is 12.1 Å². The Morgan fingerprint density at radius 1 is 1.10 bits per heavy atom. The summed E-state index contributed by atoms with van der Waals surface area (Å²) in [6, 6.07) is 15.2. The first-order valence-corrected chi connectivity index (χ1v) is 14.3.